The van der Waals surface area contributed by atoms with Crippen molar-refractivity contribution in [1.29, 1.82) is 0 Å². The van der Waals surface area contributed by atoms with Gasteiger partial charge in [-0.05, 0) is 29.5 Å². The van der Waals surface area contributed by atoms with E-state index in [2.05, 4.69) is 83.8 Å². The quantitative estimate of drug-likeness (QED) is 0.692. The van der Waals surface area contributed by atoms with Crippen LogP contribution in [0.25, 0.3) is 0 Å². The molecule has 0 unspecified atom stereocenters. The van der Waals surface area contributed by atoms with Gasteiger partial charge in [0.2, 0.25) is 5.95 Å². The van der Waals surface area contributed by atoms with Crippen LogP contribution in [0, 0.1) is 6.92 Å². The van der Waals surface area contributed by atoms with Crippen LogP contribution in [0.4, 0.5) is 17.5 Å². The maximum Gasteiger partial charge on any atom is 0.249 e. The molecule has 0 spiro atoms. The van der Waals surface area contributed by atoms with Crippen LogP contribution < -0.4 is 10.6 Å². The van der Waals surface area contributed by atoms with Gasteiger partial charge in [0, 0.05) is 12.2 Å². The molecule has 0 amide bonds. The summed E-state index contributed by atoms with van der Waals surface area (Å²) in [6, 6.07) is 16.6. The van der Waals surface area contributed by atoms with E-state index in [9.17, 15) is 0 Å². The summed E-state index contributed by atoms with van der Waals surface area (Å²) >= 11 is 0. The summed E-state index contributed by atoms with van der Waals surface area (Å²) in [5.41, 5.74) is 4.68. The minimum atomic E-state index is 0.0258. The van der Waals surface area contributed by atoms with Crippen molar-refractivity contribution >= 4 is 17.5 Å². The Morgan fingerprint density at radius 3 is 2.58 bits per heavy atom. The molecule has 5 heteroatoms. The van der Waals surface area contributed by atoms with Crippen molar-refractivity contribution in [3.8, 4) is 0 Å². The lowest BCUT2D eigenvalue weighted by Gasteiger charge is -2.22. The third kappa shape index (κ3) is 4.57. The molecule has 0 bridgehead atoms. The molecule has 0 aliphatic heterocycles. The predicted molar refractivity (Wildman–Crippen MR) is 107 cm³/mol. The average Bonchev–Trinajstić information content (AvgIpc) is 2.60. The molecule has 2 aromatic carbocycles. The first-order valence-electron chi connectivity index (χ1n) is 8.77. The van der Waals surface area contributed by atoms with Gasteiger partial charge in [0.15, 0.2) is 5.82 Å². The van der Waals surface area contributed by atoms with Gasteiger partial charge in [-0.1, -0.05) is 68.8 Å². The van der Waals surface area contributed by atoms with Crippen molar-refractivity contribution < 1.29 is 0 Å². The summed E-state index contributed by atoms with van der Waals surface area (Å²) in [5.74, 6) is 1.17. The maximum atomic E-state index is 4.53. The SMILES string of the molecule is Cc1cccc(CNc2cnnc(Nc3ccccc3C(C)(C)C)n2)c1. The standard InChI is InChI=1S/C21H25N5/c1-15-8-7-9-16(12-15)13-22-19-14-23-26-20(25-19)24-18-11-6-5-10-17(18)21(2,3)4/h5-12,14H,13H2,1-4H3,(H2,22,24,25,26). The van der Waals surface area contributed by atoms with Gasteiger partial charge in [-0.3, -0.25) is 0 Å². The number of aromatic nitrogens is 3. The summed E-state index contributed by atoms with van der Waals surface area (Å²) in [4.78, 5) is 4.53. The zero-order chi connectivity index (χ0) is 18.6. The summed E-state index contributed by atoms with van der Waals surface area (Å²) in [6.07, 6.45) is 1.64. The molecule has 1 heterocycles. The van der Waals surface area contributed by atoms with Crippen molar-refractivity contribution in [1.82, 2.24) is 15.2 Å². The highest BCUT2D eigenvalue weighted by molar-refractivity contribution is 5.60. The zero-order valence-corrected chi connectivity index (χ0v) is 15.7. The highest BCUT2D eigenvalue weighted by Gasteiger charge is 2.18. The number of hydrogen-bond donors (Lipinski definition) is 2. The summed E-state index contributed by atoms with van der Waals surface area (Å²) < 4.78 is 0. The zero-order valence-electron chi connectivity index (χ0n) is 15.7. The van der Waals surface area contributed by atoms with Gasteiger partial charge in [-0.25, -0.2) is 0 Å². The lowest BCUT2D eigenvalue weighted by molar-refractivity contribution is 0.592. The molecular weight excluding hydrogens is 322 g/mol. The molecule has 134 valence electrons. The van der Waals surface area contributed by atoms with Gasteiger partial charge >= 0.3 is 0 Å². The van der Waals surface area contributed by atoms with Crippen LogP contribution in [0.5, 0.6) is 0 Å². The average molecular weight is 347 g/mol. The van der Waals surface area contributed by atoms with Gasteiger partial charge in [-0.2, -0.15) is 10.1 Å². The van der Waals surface area contributed by atoms with Crippen molar-refractivity contribution in [3.05, 3.63) is 71.4 Å². The van der Waals surface area contributed by atoms with Crippen LogP contribution in [-0.2, 0) is 12.0 Å². The third-order valence-corrected chi connectivity index (χ3v) is 4.10. The second-order valence-electron chi connectivity index (χ2n) is 7.43. The molecule has 3 aromatic rings. The number of hydrogen-bond acceptors (Lipinski definition) is 5. The Morgan fingerprint density at radius 2 is 1.81 bits per heavy atom. The largest absolute Gasteiger partial charge is 0.365 e. The molecule has 0 radical (unpaired) electrons. The van der Waals surface area contributed by atoms with E-state index in [-0.39, 0.29) is 5.41 Å². The number of benzene rings is 2. The number of para-hydroxylation sites is 1. The van der Waals surface area contributed by atoms with E-state index < -0.39 is 0 Å². The lowest BCUT2D eigenvalue weighted by Crippen LogP contribution is -2.14. The van der Waals surface area contributed by atoms with Gasteiger partial charge in [0.25, 0.3) is 0 Å². The Balaban J connectivity index is 1.74. The normalized spacial score (nSPS) is 11.2. The van der Waals surface area contributed by atoms with E-state index in [0.717, 1.165) is 5.69 Å². The first-order valence-corrected chi connectivity index (χ1v) is 8.77. The Kier molecular flexibility index (Phi) is 5.16. The fraction of sp³-hybridized carbons (Fsp3) is 0.286. The number of rotatable bonds is 5. The van der Waals surface area contributed by atoms with E-state index in [1.54, 1.807) is 6.20 Å². The molecule has 0 aliphatic rings. The Labute approximate surface area is 154 Å². The molecule has 5 nitrogen and oxygen atoms in total. The summed E-state index contributed by atoms with van der Waals surface area (Å²) in [5, 5.41) is 14.8. The smallest absolute Gasteiger partial charge is 0.249 e. The van der Waals surface area contributed by atoms with Gasteiger partial charge in [0.05, 0.1) is 6.20 Å². The van der Waals surface area contributed by atoms with Crippen LogP contribution in [0.15, 0.2) is 54.7 Å². The van der Waals surface area contributed by atoms with Crippen LogP contribution in [-0.4, -0.2) is 15.2 Å². The van der Waals surface area contributed by atoms with Crippen molar-refractivity contribution in [2.45, 2.75) is 39.7 Å². The second-order valence-corrected chi connectivity index (χ2v) is 7.43. The van der Waals surface area contributed by atoms with Crippen LogP contribution in [0.3, 0.4) is 0 Å². The van der Waals surface area contributed by atoms with Crippen molar-refractivity contribution in [3.63, 3.8) is 0 Å². The monoisotopic (exact) mass is 347 g/mol. The summed E-state index contributed by atoms with van der Waals surface area (Å²) in [7, 11) is 0. The first-order chi connectivity index (χ1) is 12.4. The summed E-state index contributed by atoms with van der Waals surface area (Å²) in [6.45, 7) is 9.34. The van der Waals surface area contributed by atoms with E-state index >= 15 is 0 Å². The minimum Gasteiger partial charge on any atom is -0.365 e. The number of nitrogens with one attached hydrogen (secondary N) is 2. The highest BCUT2D eigenvalue weighted by Crippen LogP contribution is 2.30. The lowest BCUT2D eigenvalue weighted by atomic mass is 9.86. The number of anilines is 3. The molecule has 0 saturated heterocycles. The molecule has 3 rings (SSSR count). The van der Waals surface area contributed by atoms with E-state index in [1.807, 2.05) is 18.2 Å². The molecule has 2 N–H and O–H groups in total. The molecule has 0 atom stereocenters. The van der Waals surface area contributed by atoms with Crippen molar-refractivity contribution in [2.75, 3.05) is 10.6 Å². The van der Waals surface area contributed by atoms with E-state index in [4.69, 9.17) is 0 Å². The minimum absolute atomic E-state index is 0.0258. The van der Waals surface area contributed by atoms with E-state index in [1.165, 1.54) is 16.7 Å². The van der Waals surface area contributed by atoms with Crippen molar-refractivity contribution in [2.24, 2.45) is 0 Å². The van der Waals surface area contributed by atoms with Crippen LogP contribution in [0.2, 0.25) is 0 Å². The Bertz CT molecular complexity index is 883. The number of nitrogens with zero attached hydrogens (tertiary/aromatic N) is 3. The predicted octanol–water partition coefficient (Wildman–Crippen LogP) is 4.83. The fourth-order valence-corrected chi connectivity index (χ4v) is 2.82. The molecular formula is C21H25N5. The Morgan fingerprint density at radius 1 is 1.00 bits per heavy atom. The topological polar surface area (TPSA) is 62.7 Å². The van der Waals surface area contributed by atoms with E-state index in [0.29, 0.717) is 18.3 Å². The second kappa shape index (κ2) is 7.52. The number of aryl methyl sites for hydroxylation is 1. The first kappa shape index (κ1) is 17.9. The van der Waals surface area contributed by atoms with Gasteiger partial charge in [0.1, 0.15) is 0 Å². The van der Waals surface area contributed by atoms with Crippen LogP contribution in [0.1, 0.15) is 37.5 Å². The Hall–Kier alpha value is -2.95. The molecule has 1 aromatic heterocycles. The van der Waals surface area contributed by atoms with Gasteiger partial charge < -0.3 is 10.6 Å². The molecule has 0 saturated carbocycles. The third-order valence-electron chi connectivity index (χ3n) is 4.10. The molecule has 0 fully saturated rings. The van der Waals surface area contributed by atoms with Crippen LogP contribution >= 0.6 is 0 Å². The van der Waals surface area contributed by atoms with Gasteiger partial charge in [-0.15, -0.1) is 5.10 Å². The molecule has 0 aliphatic carbocycles. The fourth-order valence-electron chi connectivity index (χ4n) is 2.82. The molecule has 26 heavy (non-hydrogen) atoms. The highest BCUT2D eigenvalue weighted by atomic mass is 15.3. The maximum absolute atomic E-state index is 4.53.